The first-order valence-electron chi connectivity index (χ1n) is 26.7. The first-order chi connectivity index (χ1) is 38.3. The van der Waals surface area contributed by atoms with Gasteiger partial charge < -0.3 is 84.5 Å². The van der Waals surface area contributed by atoms with Gasteiger partial charge in [-0.3, -0.25) is 47.9 Å². The molecule has 27 nitrogen and oxygen atoms in total. The molecule has 2 aromatic carbocycles. The van der Waals surface area contributed by atoms with Gasteiger partial charge in [-0.25, -0.2) is 4.79 Å². The number of benzene rings is 2. The number of unbranched alkanes of at least 4 members (excludes halogenated alkanes) is 1. The van der Waals surface area contributed by atoms with Crippen molar-refractivity contribution in [1.82, 2.24) is 47.5 Å². The minimum atomic E-state index is -1.84. The van der Waals surface area contributed by atoms with Gasteiger partial charge in [0, 0.05) is 42.8 Å². The Morgan fingerprint density at radius 3 is 1.59 bits per heavy atom. The number of nitrogens with two attached hydrogens (primary N) is 2. The molecule has 0 aliphatic heterocycles. The summed E-state index contributed by atoms with van der Waals surface area (Å²) in [6.07, 6.45) is -1.44. The van der Waals surface area contributed by atoms with Gasteiger partial charge in [-0.1, -0.05) is 76.2 Å². The Bertz CT molecular complexity index is 2630. The molecule has 27 heteroatoms. The number of carbonyl (C=O) groups is 11. The fourth-order valence-corrected chi connectivity index (χ4v) is 8.45. The van der Waals surface area contributed by atoms with Gasteiger partial charge in [-0.05, 0) is 81.0 Å². The van der Waals surface area contributed by atoms with Gasteiger partial charge in [0.15, 0.2) is 6.04 Å². The number of carboxylic acids is 3. The molecule has 3 rings (SSSR count). The molecule has 0 unspecified atom stereocenters. The summed E-state index contributed by atoms with van der Waals surface area (Å²) in [5, 5.41) is 68.5. The van der Waals surface area contributed by atoms with Crippen LogP contribution in [0.5, 0.6) is 0 Å². The molecule has 0 aliphatic carbocycles. The molecule has 0 saturated carbocycles. The number of aliphatic hydroxyl groups excluding tert-OH is 2. The first-order valence-corrected chi connectivity index (χ1v) is 26.7. The number of aliphatic carboxylic acids is 3. The van der Waals surface area contributed by atoms with Crippen LogP contribution in [0.15, 0.2) is 60.8 Å². The van der Waals surface area contributed by atoms with Crippen LogP contribution in [0.2, 0.25) is 0 Å². The number of carboxylic acid groups (broad SMARTS) is 3. The van der Waals surface area contributed by atoms with Crippen molar-refractivity contribution < 1.29 is 78.3 Å². The highest BCUT2D eigenvalue weighted by atomic mass is 16.4. The number of nitrogens with one attached hydrogen (secondary N) is 9. The molecule has 0 bridgehead atoms. The van der Waals surface area contributed by atoms with E-state index in [0.717, 1.165) is 6.92 Å². The van der Waals surface area contributed by atoms with E-state index in [1.54, 1.807) is 88.5 Å². The maximum atomic E-state index is 14.7. The van der Waals surface area contributed by atoms with Crippen LogP contribution in [0.3, 0.4) is 0 Å². The fourth-order valence-electron chi connectivity index (χ4n) is 8.45. The molecule has 81 heavy (non-hydrogen) atoms. The van der Waals surface area contributed by atoms with Gasteiger partial charge in [0.05, 0.1) is 18.8 Å². The van der Waals surface area contributed by atoms with Crippen molar-refractivity contribution in [1.29, 1.82) is 0 Å². The lowest BCUT2D eigenvalue weighted by Crippen LogP contribution is -2.61. The standard InChI is InChI=1S/C54H79N11O16/c1-28(2)23-38(49(75)58-37(19-21-43(70)71)48(74)63-41(27-66)52(78)65-45(30(5)67)54(80)81)61-50(76)40(25-32-26-57-35-16-10-9-15-33(32)35)62-47(73)36(17-11-12-22-55)59-53(79)44(29(3)4)64-51(77)39(24-31-13-7-6-8-14-31)60-46(72)34(56)18-20-42(68)69/h6-10,13-16,26,28-30,34,36-41,44-45,57,66-67H,11-12,17-25,27,55-56H2,1-5H3,(H,58,75)(H,59,79)(H,60,72)(H,61,76)(H,62,73)(H,63,74)(H,64,77)(H,65,78)(H,68,69)(H,70,71)(H,80,81)/t30-,34+,36+,37+,38+,39+,40+,41+,44+,45+/m1/s1. The molecule has 0 saturated heterocycles. The largest absolute Gasteiger partial charge is 0.481 e. The molecule has 0 radical (unpaired) electrons. The Balaban J connectivity index is 1.98. The van der Waals surface area contributed by atoms with Gasteiger partial charge in [-0.2, -0.15) is 0 Å². The van der Waals surface area contributed by atoms with Crippen LogP contribution in [0, 0.1) is 11.8 Å². The molecule has 0 spiro atoms. The van der Waals surface area contributed by atoms with E-state index in [1.165, 1.54) is 0 Å². The quantitative estimate of drug-likeness (QED) is 0.0285. The highest BCUT2D eigenvalue weighted by Gasteiger charge is 2.37. The van der Waals surface area contributed by atoms with E-state index in [-0.39, 0.29) is 44.6 Å². The molecule has 3 aromatic rings. The topological polar surface area (TPSA) is 453 Å². The number of fused-ring (bicyclic) bond motifs is 1. The Morgan fingerprint density at radius 1 is 0.531 bits per heavy atom. The van der Waals surface area contributed by atoms with E-state index in [9.17, 15) is 73.2 Å². The number of H-pyrrole nitrogens is 1. The predicted molar refractivity (Wildman–Crippen MR) is 293 cm³/mol. The highest BCUT2D eigenvalue weighted by Crippen LogP contribution is 2.20. The number of carbonyl (C=O) groups excluding carboxylic acids is 8. The van der Waals surface area contributed by atoms with E-state index >= 15 is 0 Å². The molecule has 1 heterocycles. The molecular weight excluding hydrogens is 1060 g/mol. The summed E-state index contributed by atoms with van der Waals surface area (Å²) in [4.78, 5) is 149. The van der Waals surface area contributed by atoms with Gasteiger partial charge in [-0.15, -0.1) is 0 Å². The van der Waals surface area contributed by atoms with Crippen molar-refractivity contribution in [3.8, 4) is 0 Å². The number of hydrogen-bond acceptors (Lipinski definition) is 15. The van der Waals surface area contributed by atoms with Crippen molar-refractivity contribution in [2.75, 3.05) is 13.2 Å². The maximum absolute atomic E-state index is 14.7. The lowest BCUT2D eigenvalue weighted by atomic mass is 9.99. The zero-order valence-corrected chi connectivity index (χ0v) is 46.1. The molecule has 0 aliphatic rings. The Kier molecular flexibility index (Phi) is 27.9. The van der Waals surface area contributed by atoms with Gasteiger partial charge in [0.25, 0.3) is 0 Å². The van der Waals surface area contributed by atoms with E-state index < -0.39 is 157 Å². The number of rotatable bonds is 36. The number of hydrogen-bond donors (Lipinski definition) is 16. The van der Waals surface area contributed by atoms with Gasteiger partial charge in [0.2, 0.25) is 47.3 Å². The summed E-state index contributed by atoms with van der Waals surface area (Å²) in [5.41, 5.74) is 13.7. The zero-order chi connectivity index (χ0) is 60.5. The second-order valence-electron chi connectivity index (χ2n) is 20.5. The zero-order valence-electron chi connectivity index (χ0n) is 46.1. The Hall–Kier alpha value is -8.01. The van der Waals surface area contributed by atoms with Crippen molar-refractivity contribution >= 4 is 76.1 Å². The van der Waals surface area contributed by atoms with Crippen LogP contribution in [-0.2, 0) is 65.6 Å². The number of amides is 8. The normalized spacial score (nSPS) is 15.0. The SMILES string of the molecule is CC(C)C[C@H](NC(=O)[C@H](Cc1c[nH]c2ccccc12)NC(=O)[C@H](CCCCN)NC(=O)[C@@H](NC(=O)[C@H](Cc1ccccc1)NC(=O)[C@@H](N)CCC(=O)O)C(C)C)C(=O)N[C@@H](CCC(=O)O)C(=O)N[C@@H](CO)C(=O)N[C@H](C(=O)O)[C@@H](C)O. The predicted octanol–water partition coefficient (Wildman–Crippen LogP) is -1.82. The van der Waals surface area contributed by atoms with Gasteiger partial charge >= 0.3 is 17.9 Å². The number of aliphatic hydroxyl groups is 2. The molecule has 10 atom stereocenters. The van der Waals surface area contributed by atoms with Crippen LogP contribution < -0.4 is 54.0 Å². The third kappa shape index (κ3) is 22.6. The third-order valence-corrected chi connectivity index (χ3v) is 13.0. The molecule has 18 N–H and O–H groups in total. The van der Waals surface area contributed by atoms with E-state index in [0.29, 0.717) is 34.9 Å². The van der Waals surface area contributed by atoms with Crippen molar-refractivity contribution in [3.05, 3.63) is 71.9 Å². The number of para-hydroxylation sites is 1. The third-order valence-electron chi connectivity index (χ3n) is 13.0. The number of aromatic amines is 1. The summed E-state index contributed by atoms with van der Waals surface area (Å²) in [6, 6.07) is 2.14. The minimum absolute atomic E-state index is 0.00640. The Morgan fingerprint density at radius 2 is 1.01 bits per heavy atom. The number of aromatic nitrogens is 1. The average Bonchev–Trinajstić information content (AvgIpc) is 3.82. The summed E-state index contributed by atoms with van der Waals surface area (Å²) < 4.78 is 0. The van der Waals surface area contributed by atoms with E-state index in [2.05, 4.69) is 42.2 Å². The molecule has 1 aromatic heterocycles. The fraction of sp³-hybridized carbons (Fsp3) is 0.537. The van der Waals surface area contributed by atoms with Gasteiger partial charge in [0.1, 0.15) is 42.3 Å². The van der Waals surface area contributed by atoms with E-state index in [1.807, 2.05) is 5.32 Å². The molecule has 8 amide bonds. The van der Waals surface area contributed by atoms with Crippen LogP contribution in [0.1, 0.15) is 97.1 Å². The minimum Gasteiger partial charge on any atom is -0.481 e. The van der Waals surface area contributed by atoms with Crippen molar-refractivity contribution in [2.45, 2.75) is 159 Å². The summed E-state index contributed by atoms with van der Waals surface area (Å²) in [7, 11) is 0. The lowest BCUT2D eigenvalue weighted by molar-refractivity contribution is -0.145. The second-order valence-corrected chi connectivity index (χ2v) is 20.5. The average molecular weight is 1140 g/mol. The van der Waals surface area contributed by atoms with Crippen LogP contribution in [0.4, 0.5) is 0 Å². The lowest BCUT2D eigenvalue weighted by Gasteiger charge is -2.29. The molecule has 0 fully saturated rings. The van der Waals surface area contributed by atoms with Crippen LogP contribution in [0.25, 0.3) is 10.9 Å². The van der Waals surface area contributed by atoms with Crippen LogP contribution in [-0.4, -0.2) is 169 Å². The molecular formula is C54H79N11O16. The Labute approximate surface area is 468 Å². The second kappa shape index (κ2) is 33.5. The first kappa shape index (κ1) is 67.3. The maximum Gasteiger partial charge on any atom is 0.328 e. The molecule has 446 valence electrons. The van der Waals surface area contributed by atoms with Crippen molar-refractivity contribution in [3.63, 3.8) is 0 Å². The van der Waals surface area contributed by atoms with Crippen molar-refractivity contribution in [2.24, 2.45) is 23.3 Å². The highest BCUT2D eigenvalue weighted by molar-refractivity contribution is 5.99. The summed E-state index contributed by atoms with van der Waals surface area (Å²) >= 11 is 0. The van der Waals surface area contributed by atoms with E-state index in [4.69, 9.17) is 16.6 Å². The summed E-state index contributed by atoms with van der Waals surface area (Å²) in [6.45, 7) is 6.92. The smallest absolute Gasteiger partial charge is 0.328 e. The van der Waals surface area contributed by atoms with Crippen LogP contribution >= 0.6 is 0 Å². The summed E-state index contributed by atoms with van der Waals surface area (Å²) in [5.74, 6) is -12.7. The monoisotopic (exact) mass is 1140 g/mol.